The van der Waals surface area contributed by atoms with Gasteiger partial charge in [0.2, 0.25) is 0 Å². The molecule has 88 valence electrons. The standard InChI is InChI=1S/C9H15F3N2O/c10-9(11,12)8(1-2-8)14-6-7-5-13-3-4-15-7/h7,13-14H,1-6H2. The summed E-state index contributed by atoms with van der Waals surface area (Å²) in [6.45, 7) is 2.25. The molecule has 0 aromatic carbocycles. The Morgan fingerprint density at radius 2 is 2.13 bits per heavy atom. The maximum Gasteiger partial charge on any atom is 0.406 e. The molecule has 6 heteroatoms. The Labute approximate surface area is 86.4 Å². The second-order valence-corrected chi connectivity index (χ2v) is 4.16. The number of alkyl halides is 3. The van der Waals surface area contributed by atoms with Gasteiger partial charge in [-0.25, -0.2) is 0 Å². The molecule has 0 radical (unpaired) electrons. The summed E-state index contributed by atoms with van der Waals surface area (Å²) < 4.78 is 42.9. The number of hydrogen-bond donors (Lipinski definition) is 2. The van der Waals surface area contributed by atoms with E-state index in [1.165, 1.54) is 0 Å². The maximum atomic E-state index is 12.5. The minimum absolute atomic E-state index is 0.140. The van der Waals surface area contributed by atoms with E-state index in [2.05, 4.69) is 10.6 Å². The maximum absolute atomic E-state index is 12.5. The molecule has 15 heavy (non-hydrogen) atoms. The van der Waals surface area contributed by atoms with Crippen LogP contribution in [0.4, 0.5) is 13.2 Å². The molecule has 3 nitrogen and oxygen atoms in total. The lowest BCUT2D eigenvalue weighted by Gasteiger charge is -2.27. The Kier molecular flexibility index (Phi) is 2.92. The quantitative estimate of drug-likeness (QED) is 0.739. The van der Waals surface area contributed by atoms with Gasteiger partial charge in [0.15, 0.2) is 0 Å². The van der Waals surface area contributed by atoms with E-state index in [0.29, 0.717) is 13.2 Å². The number of halogens is 3. The van der Waals surface area contributed by atoms with Crippen molar-refractivity contribution in [2.75, 3.05) is 26.2 Å². The van der Waals surface area contributed by atoms with Gasteiger partial charge in [-0.1, -0.05) is 0 Å². The van der Waals surface area contributed by atoms with Crippen LogP contribution in [0.1, 0.15) is 12.8 Å². The van der Waals surface area contributed by atoms with Crippen LogP contribution in [0.3, 0.4) is 0 Å². The molecule has 0 aromatic rings. The van der Waals surface area contributed by atoms with Gasteiger partial charge in [-0.15, -0.1) is 0 Å². The number of rotatable bonds is 3. The summed E-state index contributed by atoms with van der Waals surface area (Å²) in [5, 5.41) is 5.67. The molecule has 1 saturated carbocycles. The minimum atomic E-state index is -4.13. The molecule has 2 aliphatic rings. The first kappa shape index (κ1) is 11.2. The van der Waals surface area contributed by atoms with Crippen molar-refractivity contribution >= 4 is 0 Å². The van der Waals surface area contributed by atoms with Crippen molar-refractivity contribution in [3.63, 3.8) is 0 Å². The fourth-order valence-corrected chi connectivity index (χ4v) is 1.75. The summed E-state index contributed by atoms with van der Waals surface area (Å²) in [6.07, 6.45) is -3.89. The Hall–Kier alpha value is -0.330. The van der Waals surface area contributed by atoms with Crippen molar-refractivity contribution in [1.82, 2.24) is 10.6 Å². The van der Waals surface area contributed by atoms with Crippen molar-refractivity contribution in [2.45, 2.75) is 30.7 Å². The Balaban J connectivity index is 1.77. The van der Waals surface area contributed by atoms with Gasteiger partial charge in [-0.05, 0) is 12.8 Å². The van der Waals surface area contributed by atoms with Crippen molar-refractivity contribution in [3.05, 3.63) is 0 Å². The largest absolute Gasteiger partial charge is 0.406 e. The van der Waals surface area contributed by atoms with E-state index in [9.17, 15) is 13.2 Å². The van der Waals surface area contributed by atoms with Crippen LogP contribution in [0.5, 0.6) is 0 Å². The lowest BCUT2D eigenvalue weighted by molar-refractivity contribution is -0.167. The molecule has 1 saturated heterocycles. The highest BCUT2D eigenvalue weighted by molar-refractivity contribution is 5.08. The van der Waals surface area contributed by atoms with Gasteiger partial charge in [0.1, 0.15) is 5.54 Å². The summed E-state index contributed by atoms with van der Waals surface area (Å²) in [7, 11) is 0. The zero-order chi connectivity index (χ0) is 10.9. The number of morpholine rings is 1. The van der Waals surface area contributed by atoms with Crippen LogP contribution >= 0.6 is 0 Å². The van der Waals surface area contributed by atoms with Gasteiger partial charge in [0.05, 0.1) is 12.7 Å². The molecule has 2 fully saturated rings. The molecule has 0 bridgehead atoms. The minimum Gasteiger partial charge on any atom is -0.374 e. The Morgan fingerprint density at radius 1 is 1.40 bits per heavy atom. The Bertz CT molecular complexity index is 222. The topological polar surface area (TPSA) is 33.3 Å². The van der Waals surface area contributed by atoms with Gasteiger partial charge in [0.25, 0.3) is 0 Å². The van der Waals surface area contributed by atoms with Gasteiger partial charge in [-0.3, -0.25) is 0 Å². The molecule has 1 unspecified atom stereocenters. The van der Waals surface area contributed by atoms with Gasteiger partial charge in [-0.2, -0.15) is 13.2 Å². The molecule has 0 spiro atoms. The third kappa shape index (κ3) is 2.43. The van der Waals surface area contributed by atoms with Crippen LogP contribution in [0.2, 0.25) is 0 Å². The Morgan fingerprint density at radius 3 is 2.60 bits per heavy atom. The monoisotopic (exact) mass is 224 g/mol. The van der Waals surface area contributed by atoms with Crippen molar-refractivity contribution < 1.29 is 17.9 Å². The highest BCUT2D eigenvalue weighted by Gasteiger charge is 2.63. The molecule has 0 aromatic heterocycles. The number of nitrogens with one attached hydrogen (secondary N) is 2. The normalized spacial score (nSPS) is 30.2. The smallest absolute Gasteiger partial charge is 0.374 e. The zero-order valence-electron chi connectivity index (χ0n) is 8.36. The van der Waals surface area contributed by atoms with Crippen LogP contribution in [0, 0.1) is 0 Å². The third-order valence-corrected chi connectivity index (χ3v) is 2.97. The van der Waals surface area contributed by atoms with E-state index >= 15 is 0 Å². The van der Waals surface area contributed by atoms with Crippen LogP contribution in [0.15, 0.2) is 0 Å². The molecule has 1 atom stereocenters. The molecule has 2 rings (SSSR count). The average Bonchev–Trinajstić information content (AvgIpc) is 2.96. The number of hydrogen-bond acceptors (Lipinski definition) is 3. The average molecular weight is 224 g/mol. The van der Waals surface area contributed by atoms with Crippen LogP contribution in [-0.4, -0.2) is 44.1 Å². The fourth-order valence-electron chi connectivity index (χ4n) is 1.75. The van der Waals surface area contributed by atoms with E-state index in [0.717, 1.165) is 6.54 Å². The highest BCUT2D eigenvalue weighted by Crippen LogP contribution is 2.48. The summed E-state index contributed by atoms with van der Waals surface area (Å²) in [6, 6.07) is 0. The molecule has 2 N–H and O–H groups in total. The lowest BCUT2D eigenvalue weighted by Crippen LogP contribution is -2.51. The predicted octanol–water partition coefficient (Wildman–Crippen LogP) is 0.659. The van der Waals surface area contributed by atoms with E-state index < -0.39 is 11.7 Å². The summed E-state index contributed by atoms with van der Waals surface area (Å²) in [4.78, 5) is 0. The van der Waals surface area contributed by atoms with Crippen LogP contribution in [-0.2, 0) is 4.74 Å². The molecule has 1 heterocycles. The first-order chi connectivity index (χ1) is 7.04. The first-order valence-corrected chi connectivity index (χ1v) is 5.18. The predicted molar refractivity (Wildman–Crippen MR) is 48.6 cm³/mol. The molecular weight excluding hydrogens is 209 g/mol. The molecule has 1 aliphatic carbocycles. The summed E-state index contributed by atoms with van der Waals surface area (Å²) in [5.41, 5.74) is -1.62. The first-order valence-electron chi connectivity index (χ1n) is 5.18. The summed E-state index contributed by atoms with van der Waals surface area (Å²) >= 11 is 0. The number of ether oxygens (including phenoxy) is 1. The van der Waals surface area contributed by atoms with Gasteiger partial charge < -0.3 is 15.4 Å². The van der Waals surface area contributed by atoms with E-state index in [4.69, 9.17) is 4.74 Å². The SMILES string of the molecule is FC(F)(F)C1(NCC2CNCCO2)CC1. The summed E-state index contributed by atoms with van der Waals surface area (Å²) in [5.74, 6) is 0. The molecule has 1 aliphatic heterocycles. The molecular formula is C9H15F3N2O. The second-order valence-electron chi connectivity index (χ2n) is 4.16. The van der Waals surface area contributed by atoms with Gasteiger partial charge >= 0.3 is 6.18 Å². The van der Waals surface area contributed by atoms with Crippen LogP contribution in [0.25, 0.3) is 0 Å². The highest BCUT2D eigenvalue weighted by atomic mass is 19.4. The van der Waals surface area contributed by atoms with E-state index in [1.807, 2.05) is 0 Å². The molecule has 0 amide bonds. The van der Waals surface area contributed by atoms with Crippen molar-refractivity contribution in [2.24, 2.45) is 0 Å². The van der Waals surface area contributed by atoms with Gasteiger partial charge in [0, 0.05) is 19.6 Å². The zero-order valence-corrected chi connectivity index (χ0v) is 8.36. The lowest BCUT2D eigenvalue weighted by atomic mass is 10.2. The van der Waals surface area contributed by atoms with Crippen molar-refractivity contribution in [1.29, 1.82) is 0 Å². The fraction of sp³-hybridized carbons (Fsp3) is 1.00. The third-order valence-electron chi connectivity index (χ3n) is 2.97. The van der Waals surface area contributed by atoms with Crippen molar-refractivity contribution in [3.8, 4) is 0 Å². The second kappa shape index (κ2) is 3.92. The van der Waals surface area contributed by atoms with E-state index in [1.54, 1.807) is 0 Å². The van der Waals surface area contributed by atoms with E-state index in [-0.39, 0.29) is 25.5 Å². The van der Waals surface area contributed by atoms with Crippen LogP contribution < -0.4 is 10.6 Å².